The maximum Gasteiger partial charge on any atom is 0.253 e. The van der Waals surface area contributed by atoms with E-state index in [4.69, 9.17) is 0 Å². The van der Waals surface area contributed by atoms with Crippen LogP contribution in [0.1, 0.15) is 52.8 Å². The zero-order valence-electron chi connectivity index (χ0n) is 15.3. The highest BCUT2D eigenvalue weighted by atomic mass is 16.2. The van der Waals surface area contributed by atoms with Crippen LogP contribution in [0.15, 0.2) is 18.2 Å². The summed E-state index contributed by atoms with van der Waals surface area (Å²) >= 11 is 0. The summed E-state index contributed by atoms with van der Waals surface area (Å²) in [5.41, 5.74) is 1.27. The van der Waals surface area contributed by atoms with Crippen molar-refractivity contribution in [3.05, 3.63) is 29.3 Å². The molecule has 0 unspecified atom stereocenters. The Morgan fingerprint density at radius 1 is 1.04 bits per heavy atom. The number of fused-ring (bicyclic) bond motifs is 1. The standard InChI is InChI=1S/C21H25N3O3/c25-19-10-23-21(27)16-2-1-13(8-18(16)24-19)20(26)22-9-17-14-4-11-3-12(6-14)7-15(17)5-11/h1-2,8,11-12,14-15,17H,3-7,9-10H2,(H,22,26)(H,23,27)(H,24,25). The Morgan fingerprint density at radius 3 is 2.44 bits per heavy atom. The Kier molecular flexibility index (Phi) is 3.95. The second-order valence-electron chi connectivity index (χ2n) is 8.80. The van der Waals surface area contributed by atoms with Gasteiger partial charge >= 0.3 is 0 Å². The SMILES string of the molecule is O=C1CNC(=O)c2ccc(C(=O)NCC3C4CC5CC(C4)CC3C5)cc2N1. The van der Waals surface area contributed by atoms with E-state index in [1.807, 2.05) is 0 Å². The van der Waals surface area contributed by atoms with Crippen LogP contribution in [-0.2, 0) is 4.79 Å². The Balaban J connectivity index is 1.28. The molecule has 1 aromatic rings. The highest BCUT2D eigenvalue weighted by Crippen LogP contribution is 2.56. The first-order valence-electron chi connectivity index (χ1n) is 10.1. The lowest BCUT2D eigenvalue weighted by atomic mass is 9.52. The van der Waals surface area contributed by atoms with Crippen LogP contribution in [0, 0.1) is 29.6 Å². The van der Waals surface area contributed by atoms with E-state index in [9.17, 15) is 14.4 Å². The number of rotatable bonds is 3. The van der Waals surface area contributed by atoms with Crippen LogP contribution in [-0.4, -0.2) is 30.8 Å². The number of carbonyl (C=O) groups excluding carboxylic acids is 3. The molecule has 1 aromatic carbocycles. The van der Waals surface area contributed by atoms with Crippen LogP contribution in [0.4, 0.5) is 5.69 Å². The molecule has 27 heavy (non-hydrogen) atoms. The molecular formula is C21H25N3O3. The largest absolute Gasteiger partial charge is 0.352 e. The minimum Gasteiger partial charge on any atom is -0.352 e. The van der Waals surface area contributed by atoms with Gasteiger partial charge in [-0.05, 0) is 79.9 Å². The maximum absolute atomic E-state index is 12.7. The van der Waals surface area contributed by atoms with Crippen LogP contribution >= 0.6 is 0 Å². The van der Waals surface area contributed by atoms with Gasteiger partial charge in [0.25, 0.3) is 11.8 Å². The summed E-state index contributed by atoms with van der Waals surface area (Å²) in [6.07, 6.45) is 6.79. The molecule has 3 N–H and O–H groups in total. The molecule has 1 aliphatic heterocycles. The van der Waals surface area contributed by atoms with Gasteiger partial charge in [-0.1, -0.05) is 0 Å². The highest BCUT2D eigenvalue weighted by Gasteiger charge is 2.47. The van der Waals surface area contributed by atoms with Crippen molar-refractivity contribution in [2.75, 3.05) is 18.4 Å². The molecule has 0 aromatic heterocycles. The van der Waals surface area contributed by atoms with Crippen molar-refractivity contribution in [2.24, 2.45) is 29.6 Å². The van der Waals surface area contributed by atoms with Crippen LogP contribution in [0.25, 0.3) is 0 Å². The highest BCUT2D eigenvalue weighted by molar-refractivity contribution is 6.09. The molecule has 4 aliphatic carbocycles. The van der Waals surface area contributed by atoms with E-state index in [0.29, 0.717) is 22.7 Å². The maximum atomic E-state index is 12.7. The van der Waals surface area contributed by atoms with E-state index < -0.39 is 0 Å². The number of nitrogens with one attached hydrogen (secondary N) is 3. The van der Waals surface area contributed by atoms with Crippen LogP contribution < -0.4 is 16.0 Å². The second-order valence-corrected chi connectivity index (χ2v) is 8.80. The number of anilines is 1. The van der Waals surface area contributed by atoms with Gasteiger partial charge in [0.1, 0.15) is 0 Å². The molecular weight excluding hydrogens is 342 g/mol. The van der Waals surface area contributed by atoms with Crippen molar-refractivity contribution < 1.29 is 14.4 Å². The van der Waals surface area contributed by atoms with E-state index in [2.05, 4.69) is 16.0 Å². The summed E-state index contributed by atoms with van der Waals surface area (Å²) in [7, 11) is 0. The predicted molar refractivity (Wildman–Crippen MR) is 100 cm³/mol. The zero-order chi connectivity index (χ0) is 18.5. The third-order valence-corrected chi connectivity index (χ3v) is 7.13. The van der Waals surface area contributed by atoms with Crippen molar-refractivity contribution in [3.63, 3.8) is 0 Å². The van der Waals surface area contributed by atoms with Crippen molar-refractivity contribution in [1.29, 1.82) is 0 Å². The van der Waals surface area contributed by atoms with Gasteiger partial charge in [-0.2, -0.15) is 0 Å². The summed E-state index contributed by atoms with van der Waals surface area (Å²) in [6, 6.07) is 4.86. The monoisotopic (exact) mass is 367 g/mol. The van der Waals surface area contributed by atoms with Gasteiger partial charge in [0.15, 0.2) is 0 Å². The van der Waals surface area contributed by atoms with E-state index >= 15 is 0 Å². The average molecular weight is 367 g/mol. The molecule has 1 heterocycles. The van der Waals surface area contributed by atoms with Gasteiger partial charge in [-0.25, -0.2) is 0 Å². The number of hydrogen-bond acceptors (Lipinski definition) is 3. The van der Waals surface area contributed by atoms with Gasteiger partial charge in [0.2, 0.25) is 5.91 Å². The number of hydrogen-bond donors (Lipinski definition) is 3. The molecule has 142 valence electrons. The number of carbonyl (C=O) groups is 3. The summed E-state index contributed by atoms with van der Waals surface area (Å²) < 4.78 is 0. The fourth-order valence-corrected chi connectivity index (χ4v) is 6.12. The molecule has 0 radical (unpaired) electrons. The first kappa shape index (κ1) is 16.8. The fourth-order valence-electron chi connectivity index (χ4n) is 6.12. The van der Waals surface area contributed by atoms with Crippen LogP contribution in [0.5, 0.6) is 0 Å². The van der Waals surface area contributed by atoms with Crippen molar-refractivity contribution >= 4 is 23.4 Å². The minimum atomic E-state index is -0.302. The lowest BCUT2D eigenvalue weighted by molar-refractivity contribution is -0.115. The van der Waals surface area contributed by atoms with E-state index in [1.54, 1.807) is 18.2 Å². The quantitative estimate of drug-likeness (QED) is 0.765. The van der Waals surface area contributed by atoms with Gasteiger partial charge in [0, 0.05) is 12.1 Å². The molecule has 3 amide bonds. The lowest BCUT2D eigenvalue weighted by Gasteiger charge is -2.54. The number of benzene rings is 1. The minimum absolute atomic E-state index is 0.0541. The second kappa shape index (κ2) is 6.36. The molecule has 0 spiro atoms. The lowest BCUT2D eigenvalue weighted by Crippen LogP contribution is -2.49. The molecule has 4 fully saturated rings. The van der Waals surface area contributed by atoms with Crippen LogP contribution in [0.2, 0.25) is 0 Å². The Bertz CT molecular complexity index is 791. The molecule has 5 aliphatic rings. The molecule has 0 saturated heterocycles. The Labute approximate surface area is 158 Å². The first-order chi connectivity index (χ1) is 13.1. The molecule has 0 atom stereocenters. The van der Waals surface area contributed by atoms with Gasteiger partial charge in [-0.15, -0.1) is 0 Å². The van der Waals surface area contributed by atoms with Gasteiger partial charge in [0.05, 0.1) is 17.8 Å². The van der Waals surface area contributed by atoms with Gasteiger partial charge < -0.3 is 16.0 Å². The normalized spacial score (nSPS) is 33.7. The van der Waals surface area contributed by atoms with Crippen molar-refractivity contribution in [2.45, 2.75) is 32.1 Å². The molecule has 6 rings (SSSR count). The fraction of sp³-hybridized carbons (Fsp3) is 0.571. The molecule has 4 bridgehead atoms. The zero-order valence-corrected chi connectivity index (χ0v) is 15.3. The van der Waals surface area contributed by atoms with Crippen LogP contribution in [0.3, 0.4) is 0 Å². The van der Waals surface area contributed by atoms with E-state index in [0.717, 1.165) is 30.2 Å². The summed E-state index contributed by atoms with van der Waals surface area (Å²) in [6.45, 7) is 0.680. The molecule has 6 heteroatoms. The van der Waals surface area contributed by atoms with Gasteiger partial charge in [-0.3, -0.25) is 14.4 Å². The molecule has 6 nitrogen and oxygen atoms in total. The Hall–Kier alpha value is -2.37. The first-order valence-corrected chi connectivity index (χ1v) is 10.1. The topological polar surface area (TPSA) is 87.3 Å². The Morgan fingerprint density at radius 2 is 1.74 bits per heavy atom. The summed E-state index contributed by atoms with van der Waals surface area (Å²) in [5.74, 6) is 3.29. The van der Waals surface area contributed by atoms with Crippen molar-refractivity contribution in [1.82, 2.24) is 10.6 Å². The third-order valence-electron chi connectivity index (χ3n) is 7.13. The van der Waals surface area contributed by atoms with Crippen molar-refractivity contribution in [3.8, 4) is 0 Å². The summed E-state index contributed by atoms with van der Waals surface area (Å²) in [5, 5.41) is 8.36. The van der Waals surface area contributed by atoms with E-state index in [-0.39, 0.29) is 24.3 Å². The third kappa shape index (κ3) is 3.01. The number of amides is 3. The molecule has 4 saturated carbocycles. The average Bonchev–Trinajstić information content (AvgIpc) is 2.78. The smallest absolute Gasteiger partial charge is 0.253 e. The predicted octanol–water partition coefficient (Wildman–Crippen LogP) is 2.17. The summed E-state index contributed by atoms with van der Waals surface area (Å²) in [4.78, 5) is 36.4. The van der Waals surface area contributed by atoms with E-state index in [1.165, 1.54) is 32.1 Å².